The summed E-state index contributed by atoms with van der Waals surface area (Å²) in [6.07, 6.45) is 6.61. The Morgan fingerprint density at radius 3 is 2.41 bits per heavy atom. The fraction of sp³-hybridized carbons (Fsp3) is 0.667. The van der Waals surface area contributed by atoms with Gasteiger partial charge < -0.3 is 5.32 Å². The summed E-state index contributed by atoms with van der Waals surface area (Å²) in [6.45, 7) is 9.31. The summed E-state index contributed by atoms with van der Waals surface area (Å²) in [6, 6.07) is 5.63. The van der Waals surface area contributed by atoms with Crippen molar-refractivity contribution >= 4 is 21.6 Å². The summed E-state index contributed by atoms with van der Waals surface area (Å²) in [7, 11) is -3.38. The van der Waals surface area contributed by atoms with E-state index in [1.54, 1.807) is 0 Å². The van der Waals surface area contributed by atoms with Gasteiger partial charge in [0, 0.05) is 19.5 Å². The van der Waals surface area contributed by atoms with Crippen LogP contribution in [0.4, 0.5) is 5.69 Å². The van der Waals surface area contributed by atoms with Crippen molar-refractivity contribution in [1.82, 2.24) is 5.32 Å². The number of aryl methyl sites for hydroxylation is 2. The van der Waals surface area contributed by atoms with E-state index in [1.807, 2.05) is 32.0 Å². The van der Waals surface area contributed by atoms with Crippen LogP contribution in [0.5, 0.6) is 0 Å². The maximum atomic E-state index is 12.2. The summed E-state index contributed by atoms with van der Waals surface area (Å²) < 4.78 is 25.8. The zero-order valence-corrected chi connectivity index (χ0v) is 18.4. The van der Waals surface area contributed by atoms with Crippen LogP contribution < -0.4 is 9.62 Å². The predicted octanol–water partition coefficient (Wildman–Crippen LogP) is 4.18. The Bertz CT molecular complexity index is 701. The zero-order chi connectivity index (χ0) is 20.4. The molecule has 0 unspecified atom stereocenters. The molecular weight excluding hydrogens is 360 g/mol. The van der Waals surface area contributed by atoms with Gasteiger partial charge in [-0.2, -0.15) is 0 Å². The Balaban J connectivity index is 2.57. The molecule has 0 bridgehead atoms. The Kier molecular flexibility index (Phi) is 9.84. The maximum Gasteiger partial charge on any atom is 0.232 e. The predicted molar refractivity (Wildman–Crippen MR) is 114 cm³/mol. The largest absolute Gasteiger partial charge is 0.356 e. The monoisotopic (exact) mass is 396 g/mol. The van der Waals surface area contributed by atoms with Crippen LogP contribution in [0, 0.1) is 19.8 Å². The molecule has 0 aromatic heterocycles. The van der Waals surface area contributed by atoms with Gasteiger partial charge in [-0.1, -0.05) is 39.2 Å². The lowest BCUT2D eigenvalue weighted by atomic mass is 9.99. The van der Waals surface area contributed by atoms with Crippen molar-refractivity contribution in [1.29, 1.82) is 0 Å². The van der Waals surface area contributed by atoms with E-state index >= 15 is 0 Å². The minimum Gasteiger partial charge on any atom is -0.356 e. The summed E-state index contributed by atoms with van der Waals surface area (Å²) in [5, 5.41) is 3.00. The van der Waals surface area contributed by atoms with Crippen molar-refractivity contribution in [2.24, 2.45) is 5.92 Å². The molecule has 0 spiro atoms. The highest BCUT2D eigenvalue weighted by atomic mass is 32.2. The molecule has 0 saturated heterocycles. The number of anilines is 1. The molecule has 6 heteroatoms. The van der Waals surface area contributed by atoms with E-state index in [4.69, 9.17) is 0 Å². The van der Waals surface area contributed by atoms with E-state index < -0.39 is 10.0 Å². The van der Waals surface area contributed by atoms with Crippen molar-refractivity contribution in [3.8, 4) is 0 Å². The van der Waals surface area contributed by atoms with Gasteiger partial charge in [-0.15, -0.1) is 0 Å². The minimum absolute atomic E-state index is 0.00140. The number of nitrogens with zero attached hydrogens (tertiary/aromatic N) is 1. The Morgan fingerprint density at radius 1 is 1.15 bits per heavy atom. The first-order chi connectivity index (χ1) is 12.7. The van der Waals surface area contributed by atoms with E-state index in [-0.39, 0.29) is 5.91 Å². The maximum absolute atomic E-state index is 12.2. The van der Waals surface area contributed by atoms with Crippen molar-refractivity contribution < 1.29 is 13.2 Å². The normalized spacial score (nSPS) is 12.6. The zero-order valence-electron chi connectivity index (χ0n) is 17.5. The topological polar surface area (TPSA) is 66.5 Å². The summed E-state index contributed by atoms with van der Waals surface area (Å²) in [5.74, 6) is 0.524. The number of unbranched alkanes of at least 4 members (excludes halogenated alkanes) is 1. The number of hydrogen-bond donors (Lipinski definition) is 1. The molecule has 27 heavy (non-hydrogen) atoms. The SMILES string of the molecule is CCCC[C@@H](CC)CNC(=O)CCCN(c1ccc(C)c(C)c1)S(C)(=O)=O. The summed E-state index contributed by atoms with van der Waals surface area (Å²) >= 11 is 0. The fourth-order valence-corrected chi connectivity index (χ4v) is 4.00. The second-order valence-corrected chi connectivity index (χ2v) is 9.33. The molecule has 1 aromatic rings. The summed E-state index contributed by atoms with van der Waals surface area (Å²) in [5.41, 5.74) is 2.84. The number of sulfonamides is 1. The van der Waals surface area contributed by atoms with Gasteiger partial charge in [-0.25, -0.2) is 8.42 Å². The van der Waals surface area contributed by atoms with Crippen LogP contribution in [0.25, 0.3) is 0 Å². The van der Waals surface area contributed by atoms with Crippen LogP contribution in [-0.2, 0) is 14.8 Å². The van der Waals surface area contributed by atoms with Crippen molar-refractivity contribution in [3.63, 3.8) is 0 Å². The Labute approximate surface area is 165 Å². The number of rotatable bonds is 12. The molecule has 0 radical (unpaired) electrons. The first-order valence-electron chi connectivity index (χ1n) is 10.0. The number of carbonyl (C=O) groups is 1. The number of carbonyl (C=O) groups excluding carboxylic acids is 1. The van der Waals surface area contributed by atoms with Crippen LogP contribution in [0.3, 0.4) is 0 Å². The molecule has 0 aliphatic rings. The molecule has 154 valence electrons. The Morgan fingerprint density at radius 2 is 1.85 bits per heavy atom. The van der Waals surface area contributed by atoms with Gasteiger partial charge in [0.1, 0.15) is 0 Å². The highest BCUT2D eigenvalue weighted by Gasteiger charge is 2.18. The molecule has 5 nitrogen and oxygen atoms in total. The van der Waals surface area contributed by atoms with Gasteiger partial charge in [0.05, 0.1) is 11.9 Å². The van der Waals surface area contributed by atoms with Crippen LogP contribution in [0.15, 0.2) is 18.2 Å². The van der Waals surface area contributed by atoms with Gasteiger partial charge in [0.25, 0.3) is 0 Å². The lowest BCUT2D eigenvalue weighted by molar-refractivity contribution is -0.121. The second-order valence-electron chi connectivity index (χ2n) is 7.43. The molecule has 1 atom stereocenters. The van der Waals surface area contributed by atoms with Crippen molar-refractivity contribution in [2.75, 3.05) is 23.7 Å². The molecule has 1 aromatic carbocycles. The molecule has 1 N–H and O–H groups in total. The van der Waals surface area contributed by atoms with Gasteiger partial charge in [0.2, 0.25) is 15.9 Å². The average molecular weight is 397 g/mol. The second kappa shape index (κ2) is 11.3. The number of benzene rings is 1. The fourth-order valence-electron chi connectivity index (χ4n) is 3.04. The lowest BCUT2D eigenvalue weighted by Crippen LogP contribution is -2.33. The minimum atomic E-state index is -3.38. The van der Waals surface area contributed by atoms with E-state index in [0.29, 0.717) is 37.5 Å². The first-order valence-corrected chi connectivity index (χ1v) is 11.9. The molecule has 0 aliphatic heterocycles. The molecule has 0 heterocycles. The molecular formula is C21H36N2O3S. The number of amides is 1. The third-order valence-electron chi connectivity index (χ3n) is 5.08. The number of hydrogen-bond acceptors (Lipinski definition) is 3. The van der Waals surface area contributed by atoms with E-state index in [0.717, 1.165) is 24.0 Å². The van der Waals surface area contributed by atoms with Gasteiger partial charge in [-0.05, 0) is 55.9 Å². The van der Waals surface area contributed by atoms with E-state index in [9.17, 15) is 13.2 Å². The summed E-state index contributed by atoms with van der Waals surface area (Å²) in [4.78, 5) is 12.1. The Hall–Kier alpha value is -1.56. The highest BCUT2D eigenvalue weighted by Crippen LogP contribution is 2.21. The standard InChI is InChI=1S/C21H36N2O3S/c1-6-8-10-19(7-2)16-22-21(24)11-9-14-23(27(5,25)26)20-13-12-17(3)18(4)15-20/h12-13,15,19H,6-11,14,16H2,1-5H3,(H,22,24)/t19-/m1/s1. The van der Waals surface area contributed by atoms with Gasteiger partial charge in [-0.3, -0.25) is 9.10 Å². The number of nitrogens with one attached hydrogen (secondary N) is 1. The highest BCUT2D eigenvalue weighted by molar-refractivity contribution is 7.92. The third-order valence-corrected chi connectivity index (χ3v) is 6.27. The van der Waals surface area contributed by atoms with Crippen molar-refractivity contribution in [3.05, 3.63) is 29.3 Å². The molecule has 0 fully saturated rings. The first kappa shape index (κ1) is 23.5. The molecule has 1 rings (SSSR count). The van der Waals surface area contributed by atoms with Crippen LogP contribution in [0.1, 0.15) is 63.5 Å². The third kappa shape index (κ3) is 8.33. The van der Waals surface area contributed by atoms with E-state index in [2.05, 4.69) is 19.2 Å². The van der Waals surface area contributed by atoms with Gasteiger partial charge >= 0.3 is 0 Å². The molecule has 0 saturated carbocycles. The van der Waals surface area contributed by atoms with Crippen LogP contribution >= 0.6 is 0 Å². The van der Waals surface area contributed by atoms with Crippen LogP contribution in [-0.4, -0.2) is 33.7 Å². The smallest absolute Gasteiger partial charge is 0.232 e. The molecule has 0 aliphatic carbocycles. The molecule has 1 amide bonds. The van der Waals surface area contributed by atoms with Crippen LogP contribution in [0.2, 0.25) is 0 Å². The quantitative estimate of drug-likeness (QED) is 0.576. The van der Waals surface area contributed by atoms with E-state index in [1.165, 1.54) is 23.4 Å². The van der Waals surface area contributed by atoms with Gasteiger partial charge in [0.15, 0.2) is 0 Å². The lowest BCUT2D eigenvalue weighted by Gasteiger charge is -2.23. The van der Waals surface area contributed by atoms with Crippen molar-refractivity contribution in [2.45, 2.75) is 66.2 Å². The average Bonchev–Trinajstić information content (AvgIpc) is 2.60.